The lowest BCUT2D eigenvalue weighted by molar-refractivity contribution is -0.133. The van der Waals surface area contributed by atoms with E-state index in [9.17, 15) is 9.59 Å². The summed E-state index contributed by atoms with van der Waals surface area (Å²) in [4.78, 5) is 30.1. The minimum atomic E-state index is -0.0544. The van der Waals surface area contributed by atoms with Crippen LogP contribution in [0.4, 0.5) is 0 Å². The number of carbonyl (C=O) groups excluding carboxylic acids is 2. The average molecular weight is 602 g/mol. The number of rotatable bonds is 9. The number of ether oxygens (including phenoxy) is 1. The van der Waals surface area contributed by atoms with Crippen LogP contribution in [0.1, 0.15) is 56.5 Å². The van der Waals surface area contributed by atoms with Crippen molar-refractivity contribution in [1.82, 2.24) is 24.6 Å². The molecule has 1 aliphatic heterocycles. The Morgan fingerprint density at radius 3 is 2.47 bits per heavy atom. The van der Waals surface area contributed by atoms with E-state index in [1.54, 1.807) is 25.1 Å². The van der Waals surface area contributed by atoms with Crippen molar-refractivity contribution in [3.63, 3.8) is 0 Å². The molecule has 0 N–H and O–H groups in total. The van der Waals surface area contributed by atoms with Crippen LogP contribution < -0.4 is 4.74 Å². The second-order valence-electron chi connectivity index (χ2n) is 11.8. The summed E-state index contributed by atoms with van der Waals surface area (Å²) in [6.07, 6.45) is 2.72. The molecule has 10 heteroatoms. The maximum atomic E-state index is 13.2. The number of aromatic nitrogens is 3. The van der Waals surface area contributed by atoms with Crippen molar-refractivity contribution in [2.24, 2.45) is 0 Å². The van der Waals surface area contributed by atoms with Gasteiger partial charge in [-0.25, -0.2) is 0 Å². The molecule has 0 bridgehead atoms. The van der Waals surface area contributed by atoms with Crippen LogP contribution in [0.3, 0.4) is 0 Å². The number of hydrogen-bond donors (Lipinski definition) is 0. The fourth-order valence-corrected chi connectivity index (χ4v) is 6.15. The van der Waals surface area contributed by atoms with Gasteiger partial charge in [0.1, 0.15) is 5.75 Å². The lowest BCUT2D eigenvalue weighted by Gasteiger charge is -2.40. The Morgan fingerprint density at radius 1 is 1.02 bits per heavy atom. The van der Waals surface area contributed by atoms with Crippen LogP contribution in [0, 0.1) is 0 Å². The van der Waals surface area contributed by atoms with Crippen molar-refractivity contribution in [2.45, 2.75) is 57.1 Å². The Hall–Kier alpha value is -4.05. The summed E-state index contributed by atoms with van der Waals surface area (Å²) < 4.78 is 13.1. The molecule has 4 aromatic rings. The minimum Gasteiger partial charge on any atom is -0.495 e. The van der Waals surface area contributed by atoms with E-state index < -0.39 is 0 Å². The number of para-hydroxylation sites is 2. The van der Waals surface area contributed by atoms with Crippen LogP contribution in [-0.4, -0.2) is 74.9 Å². The van der Waals surface area contributed by atoms with Gasteiger partial charge in [-0.15, -0.1) is 10.2 Å². The van der Waals surface area contributed by atoms with E-state index in [2.05, 4.69) is 31.0 Å². The van der Waals surface area contributed by atoms with Gasteiger partial charge < -0.3 is 19.0 Å². The number of amides is 2. The molecule has 226 valence electrons. The number of hydrogen-bond acceptors (Lipinski definition) is 7. The third-order valence-corrected chi connectivity index (χ3v) is 8.72. The zero-order chi connectivity index (χ0) is 30.6. The Bertz CT molecular complexity index is 1540. The van der Waals surface area contributed by atoms with Gasteiger partial charge in [0, 0.05) is 43.4 Å². The zero-order valence-corrected chi connectivity index (χ0v) is 26.3. The summed E-state index contributed by atoms with van der Waals surface area (Å²) in [5.41, 5.74) is 2.73. The van der Waals surface area contributed by atoms with E-state index in [-0.39, 0.29) is 23.3 Å². The number of furan rings is 1. The highest BCUT2D eigenvalue weighted by molar-refractivity contribution is 7.99. The molecule has 1 fully saturated rings. The van der Waals surface area contributed by atoms with Crippen molar-refractivity contribution in [3.8, 4) is 23.0 Å². The van der Waals surface area contributed by atoms with Crippen LogP contribution in [0.5, 0.6) is 5.75 Å². The third-order valence-electron chi connectivity index (χ3n) is 7.71. The maximum Gasteiger partial charge on any atom is 0.254 e. The predicted molar refractivity (Wildman–Crippen MR) is 168 cm³/mol. The van der Waals surface area contributed by atoms with E-state index in [0.717, 1.165) is 5.69 Å². The fourth-order valence-electron chi connectivity index (χ4n) is 5.27. The van der Waals surface area contributed by atoms with Crippen LogP contribution in [0.25, 0.3) is 17.3 Å². The smallest absolute Gasteiger partial charge is 0.254 e. The molecule has 2 aromatic heterocycles. The lowest BCUT2D eigenvalue weighted by Crippen LogP contribution is -2.55. The molecule has 3 heterocycles. The summed E-state index contributed by atoms with van der Waals surface area (Å²) in [5, 5.41) is 9.53. The van der Waals surface area contributed by atoms with E-state index in [4.69, 9.17) is 9.15 Å². The first kappa shape index (κ1) is 30.4. The highest BCUT2D eigenvalue weighted by atomic mass is 32.2. The summed E-state index contributed by atoms with van der Waals surface area (Å²) in [5.74, 6) is 2.70. The predicted octanol–water partition coefficient (Wildman–Crippen LogP) is 6.08. The Balaban J connectivity index is 1.16. The fraction of sp³-hybridized carbons (Fsp3) is 0.394. The highest BCUT2D eigenvalue weighted by Crippen LogP contribution is 2.33. The van der Waals surface area contributed by atoms with E-state index in [1.807, 2.05) is 82.0 Å². The average Bonchev–Trinajstić information content (AvgIpc) is 3.69. The van der Waals surface area contributed by atoms with Crippen LogP contribution in [0.15, 0.2) is 76.5 Å². The second kappa shape index (κ2) is 13.1. The maximum absolute atomic E-state index is 13.2. The third kappa shape index (κ3) is 6.80. The number of methoxy groups -OCH3 is 1. The summed E-state index contributed by atoms with van der Waals surface area (Å²) in [6, 6.07) is 19.2. The topological polar surface area (TPSA) is 93.7 Å². The summed E-state index contributed by atoms with van der Waals surface area (Å²) in [7, 11) is 1.63. The second-order valence-corrected chi connectivity index (χ2v) is 12.8. The molecule has 5 rings (SSSR count). The van der Waals surface area contributed by atoms with Crippen LogP contribution in [0.2, 0.25) is 0 Å². The van der Waals surface area contributed by atoms with Gasteiger partial charge in [-0.05, 0) is 60.7 Å². The van der Waals surface area contributed by atoms with Crippen molar-refractivity contribution in [3.05, 3.63) is 78.1 Å². The van der Waals surface area contributed by atoms with Gasteiger partial charge in [0.15, 0.2) is 10.9 Å². The molecule has 1 aliphatic rings. The van der Waals surface area contributed by atoms with Gasteiger partial charge in [-0.3, -0.25) is 14.2 Å². The molecule has 2 aromatic carbocycles. The molecule has 1 atom stereocenters. The van der Waals surface area contributed by atoms with Gasteiger partial charge in [-0.2, -0.15) is 0 Å². The normalized spacial score (nSPS) is 15.5. The molecule has 0 radical (unpaired) electrons. The van der Waals surface area contributed by atoms with Gasteiger partial charge >= 0.3 is 0 Å². The molecular weight excluding hydrogens is 562 g/mol. The lowest BCUT2D eigenvalue weighted by atomic mass is 9.86. The van der Waals surface area contributed by atoms with Gasteiger partial charge in [0.05, 0.1) is 19.1 Å². The Morgan fingerprint density at radius 2 is 1.79 bits per heavy atom. The van der Waals surface area contributed by atoms with Crippen molar-refractivity contribution < 1.29 is 18.7 Å². The van der Waals surface area contributed by atoms with E-state index in [0.29, 0.717) is 66.3 Å². The molecule has 0 aliphatic carbocycles. The van der Waals surface area contributed by atoms with E-state index in [1.165, 1.54) is 5.56 Å². The SMILES string of the molecule is COc1ccccc1-n1c(SCCCC(=O)N2CCN(C(=O)c3ccc(C(C)(C)C)cc3)C(C)C2)nnc1-c1ccco1. The summed E-state index contributed by atoms with van der Waals surface area (Å²) >= 11 is 1.54. The zero-order valence-electron chi connectivity index (χ0n) is 25.4. The van der Waals surface area contributed by atoms with Crippen LogP contribution in [-0.2, 0) is 10.2 Å². The molecule has 0 saturated carbocycles. The van der Waals surface area contributed by atoms with Crippen molar-refractivity contribution in [1.29, 1.82) is 0 Å². The van der Waals surface area contributed by atoms with E-state index >= 15 is 0 Å². The first-order chi connectivity index (χ1) is 20.7. The number of thioether (sulfide) groups is 1. The minimum absolute atomic E-state index is 0.0181. The Kier molecular flexibility index (Phi) is 9.25. The number of benzene rings is 2. The molecule has 9 nitrogen and oxygen atoms in total. The molecule has 43 heavy (non-hydrogen) atoms. The Labute approximate surface area is 257 Å². The molecule has 0 spiro atoms. The molecule has 1 unspecified atom stereocenters. The molecule has 1 saturated heterocycles. The van der Waals surface area contributed by atoms with Gasteiger partial charge in [0.2, 0.25) is 11.7 Å². The quantitative estimate of drug-likeness (QED) is 0.170. The standard InChI is InChI=1S/C33H39N5O4S/c1-23-22-36(18-19-37(23)31(40)24-14-16-25(17-15-24)33(2,3)4)29(39)13-9-21-43-32-35-34-30(28-12-8-20-42-28)38(32)26-10-6-7-11-27(26)41-5/h6-8,10-12,14-17,20,23H,9,13,18-19,21-22H2,1-5H3. The number of piperazine rings is 1. The van der Waals surface area contributed by atoms with Crippen molar-refractivity contribution >= 4 is 23.6 Å². The number of nitrogens with zero attached hydrogens (tertiary/aromatic N) is 5. The molecular formula is C33H39N5O4S. The first-order valence-corrected chi connectivity index (χ1v) is 15.6. The molecule has 2 amide bonds. The van der Waals surface area contributed by atoms with Crippen LogP contribution >= 0.6 is 11.8 Å². The first-order valence-electron chi connectivity index (χ1n) is 14.6. The number of carbonyl (C=O) groups is 2. The monoisotopic (exact) mass is 601 g/mol. The largest absolute Gasteiger partial charge is 0.495 e. The van der Waals surface area contributed by atoms with Gasteiger partial charge in [0.25, 0.3) is 5.91 Å². The van der Waals surface area contributed by atoms with Crippen molar-refractivity contribution in [2.75, 3.05) is 32.5 Å². The summed E-state index contributed by atoms with van der Waals surface area (Å²) in [6.45, 7) is 10.1. The van der Waals surface area contributed by atoms with Gasteiger partial charge in [-0.1, -0.05) is 56.8 Å². The highest BCUT2D eigenvalue weighted by Gasteiger charge is 2.30.